The Balaban J connectivity index is 2.63. The van der Waals surface area contributed by atoms with Gasteiger partial charge in [-0.2, -0.15) is 0 Å². The Hall–Kier alpha value is -1.45. The van der Waals surface area contributed by atoms with Crippen LogP contribution in [0.1, 0.15) is 19.5 Å². The topological polar surface area (TPSA) is 56.0 Å². The molecule has 0 fully saturated rings. The van der Waals surface area contributed by atoms with Crippen molar-refractivity contribution in [1.82, 2.24) is 4.98 Å². The van der Waals surface area contributed by atoms with Crippen molar-refractivity contribution in [2.24, 2.45) is 11.8 Å². The number of hydrogen-bond acceptors (Lipinski definition) is 3. The third-order valence-corrected chi connectivity index (χ3v) is 2.52. The largest absolute Gasteiger partial charge is 0.265 e. The molecule has 0 spiro atoms. The van der Waals surface area contributed by atoms with E-state index in [2.05, 4.69) is 4.98 Å². The van der Waals surface area contributed by atoms with Crippen LogP contribution < -0.4 is 0 Å². The van der Waals surface area contributed by atoms with Gasteiger partial charge in [-0.1, -0.05) is 19.9 Å². The molecule has 0 N–H and O–H groups in total. The molecule has 1 aromatic rings. The second-order valence-electron chi connectivity index (χ2n) is 4.04. The molecule has 0 aliphatic rings. The molecule has 0 aromatic carbocycles. The second-order valence-corrected chi connectivity index (χ2v) is 4.04. The van der Waals surface area contributed by atoms with Crippen molar-refractivity contribution in [2.45, 2.75) is 20.3 Å². The van der Waals surface area contributed by atoms with E-state index in [1.165, 1.54) is 0 Å². The second kappa shape index (κ2) is 5.44. The maximum atomic E-state index is 10.5. The molecule has 1 heterocycles. The zero-order valence-electron chi connectivity index (χ0n) is 9.09. The molecule has 1 aromatic heterocycles. The van der Waals surface area contributed by atoms with Crippen LogP contribution in [0.4, 0.5) is 0 Å². The van der Waals surface area contributed by atoms with Crippen molar-refractivity contribution >= 4 is 0 Å². The lowest BCUT2D eigenvalue weighted by Crippen LogP contribution is -2.22. The maximum Gasteiger partial charge on any atom is 0.207 e. The summed E-state index contributed by atoms with van der Waals surface area (Å²) in [6.45, 7) is 4.04. The quantitative estimate of drug-likeness (QED) is 0.550. The molecular formula is C11H16N2O2. The van der Waals surface area contributed by atoms with Crippen molar-refractivity contribution in [3.63, 3.8) is 0 Å². The lowest BCUT2D eigenvalue weighted by atomic mass is 9.91. The average Bonchev–Trinajstić information content (AvgIpc) is 2.17. The van der Waals surface area contributed by atoms with E-state index in [4.69, 9.17) is 0 Å². The number of nitro groups is 1. The maximum absolute atomic E-state index is 10.5. The molecule has 82 valence electrons. The summed E-state index contributed by atoms with van der Waals surface area (Å²) in [6, 6.07) is 5.67. The van der Waals surface area contributed by atoms with Gasteiger partial charge in [0.15, 0.2) is 0 Å². The highest BCUT2D eigenvalue weighted by Gasteiger charge is 2.20. The van der Waals surface area contributed by atoms with E-state index in [1.807, 2.05) is 32.0 Å². The highest BCUT2D eigenvalue weighted by Crippen LogP contribution is 2.16. The molecule has 0 radical (unpaired) electrons. The molecule has 1 rings (SSSR count). The predicted molar refractivity (Wildman–Crippen MR) is 58.1 cm³/mol. The van der Waals surface area contributed by atoms with Gasteiger partial charge < -0.3 is 0 Å². The Labute approximate surface area is 89.5 Å². The number of rotatable bonds is 5. The molecular weight excluding hydrogens is 192 g/mol. The first-order valence-electron chi connectivity index (χ1n) is 5.11. The van der Waals surface area contributed by atoms with Crippen LogP contribution in [-0.2, 0) is 6.42 Å². The van der Waals surface area contributed by atoms with E-state index in [0.717, 1.165) is 5.69 Å². The van der Waals surface area contributed by atoms with E-state index in [9.17, 15) is 10.1 Å². The molecule has 4 nitrogen and oxygen atoms in total. The standard InChI is InChI=1S/C11H16N2O2/c1-9(2)10(8-13(14)15)7-11-5-3-4-6-12-11/h3-6,9-10H,7-8H2,1-2H3/t10-/m1/s1. The first-order chi connectivity index (χ1) is 7.09. The summed E-state index contributed by atoms with van der Waals surface area (Å²) in [7, 11) is 0. The lowest BCUT2D eigenvalue weighted by molar-refractivity contribution is -0.489. The highest BCUT2D eigenvalue weighted by molar-refractivity contribution is 5.04. The SMILES string of the molecule is CC(C)[C@H](Cc1ccccn1)C[N+](=O)[O-]. The van der Waals surface area contributed by atoms with Crippen molar-refractivity contribution < 1.29 is 4.92 Å². The van der Waals surface area contributed by atoms with Gasteiger partial charge in [-0.15, -0.1) is 0 Å². The molecule has 0 saturated carbocycles. The predicted octanol–water partition coefficient (Wildman–Crippen LogP) is 2.17. The van der Waals surface area contributed by atoms with Crippen LogP contribution in [0, 0.1) is 22.0 Å². The normalized spacial score (nSPS) is 12.7. The van der Waals surface area contributed by atoms with Crippen molar-refractivity contribution in [1.29, 1.82) is 0 Å². The van der Waals surface area contributed by atoms with Gasteiger partial charge in [0, 0.05) is 22.7 Å². The van der Waals surface area contributed by atoms with Crippen LogP contribution >= 0.6 is 0 Å². The zero-order valence-corrected chi connectivity index (χ0v) is 9.09. The molecule has 0 aliphatic heterocycles. The smallest absolute Gasteiger partial charge is 0.207 e. The van der Waals surface area contributed by atoms with Crippen molar-refractivity contribution in [3.05, 3.63) is 40.2 Å². The van der Waals surface area contributed by atoms with Crippen LogP contribution in [0.15, 0.2) is 24.4 Å². The number of hydrogen-bond donors (Lipinski definition) is 0. The van der Waals surface area contributed by atoms with Crippen molar-refractivity contribution in [2.75, 3.05) is 6.54 Å². The fraction of sp³-hybridized carbons (Fsp3) is 0.545. The molecule has 15 heavy (non-hydrogen) atoms. The van der Waals surface area contributed by atoms with E-state index in [-0.39, 0.29) is 17.4 Å². The number of aromatic nitrogens is 1. The van der Waals surface area contributed by atoms with Crippen molar-refractivity contribution in [3.8, 4) is 0 Å². The molecule has 1 atom stereocenters. The summed E-state index contributed by atoms with van der Waals surface area (Å²) >= 11 is 0. The third kappa shape index (κ3) is 4.06. The first-order valence-corrected chi connectivity index (χ1v) is 5.11. The Morgan fingerprint density at radius 1 is 1.47 bits per heavy atom. The summed E-state index contributed by atoms with van der Waals surface area (Å²) in [4.78, 5) is 14.4. The minimum atomic E-state index is -0.242. The van der Waals surface area contributed by atoms with Crippen LogP contribution in [0.5, 0.6) is 0 Å². The number of nitrogens with zero attached hydrogens (tertiary/aromatic N) is 2. The minimum Gasteiger partial charge on any atom is -0.265 e. The van der Waals surface area contributed by atoms with Crippen LogP contribution in [0.3, 0.4) is 0 Å². The van der Waals surface area contributed by atoms with E-state index < -0.39 is 0 Å². The van der Waals surface area contributed by atoms with Crippen LogP contribution in [0.25, 0.3) is 0 Å². The Kier molecular flexibility index (Phi) is 4.21. The van der Waals surface area contributed by atoms with E-state index in [1.54, 1.807) is 6.20 Å². The monoisotopic (exact) mass is 208 g/mol. The highest BCUT2D eigenvalue weighted by atomic mass is 16.6. The minimum absolute atomic E-state index is 0.0221. The summed E-state index contributed by atoms with van der Waals surface area (Å²) in [6.07, 6.45) is 2.40. The van der Waals surface area contributed by atoms with Gasteiger partial charge in [-0.3, -0.25) is 15.1 Å². The molecule has 0 saturated heterocycles. The first kappa shape index (κ1) is 11.6. The summed E-state index contributed by atoms with van der Waals surface area (Å²) < 4.78 is 0. The van der Waals surface area contributed by atoms with Crippen LogP contribution in [-0.4, -0.2) is 16.5 Å². The Morgan fingerprint density at radius 2 is 2.20 bits per heavy atom. The van der Waals surface area contributed by atoms with Gasteiger partial charge in [0.05, 0.1) is 0 Å². The van der Waals surface area contributed by atoms with E-state index >= 15 is 0 Å². The molecule has 4 heteroatoms. The number of pyridine rings is 1. The van der Waals surface area contributed by atoms with Gasteiger partial charge in [0.1, 0.15) is 0 Å². The Morgan fingerprint density at radius 3 is 2.67 bits per heavy atom. The Bertz CT molecular complexity index is 312. The van der Waals surface area contributed by atoms with Gasteiger partial charge in [0.25, 0.3) is 0 Å². The summed E-state index contributed by atoms with van der Waals surface area (Å²) in [5.74, 6) is 0.368. The lowest BCUT2D eigenvalue weighted by Gasteiger charge is -2.15. The van der Waals surface area contributed by atoms with Crippen LogP contribution in [0.2, 0.25) is 0 Å². The molecule has 0 bridgehead atoms. The molecule has 0 aliphatic carbocycles. The zero-order chi connectivity index (χ0) is 11.3. The van der Waals surface area contributed by atoms with Gasteiger partial charge in [-0.05, 0) is 24.5 Å². The summed E-state index contributed by atoms with van der Waals surface area (Å²) in [5.41, 5.74) is 0.929. The van der Waals surface area contributed by atoms with Gasteiger partial charge in [0.2, 0.25) is 6.54 Å². The van der Waals surface area contributed by atoms with Gasteiger partial charge >= 0.3 is 0 Å². The third-order valence-electron chi connectivity index (χ3n) is 2.52. The fourth-order valence-electron chi connectivity index (χ4n) is 1.49. The molecule has 0 unspecified atom stereocenters. The van der Waals surface area contributed by atoms with E-state index in [0.29, 0.717) is 12.3 Å². The van der Waals surface area contributed by atoms with Gasteiger partial charge in [-0.25, -0.2) is 0 Å². The summed E-state index contributed by atoms with van der Waals surface area (Å²) in [5, 5.41) is 10.5. The fourth-order valence-corrected chi connectivity index (χ4v) is 1.49. The average molecular weight is 208 g/mol. The molecule has 0 amide bonds.